The summed E-state index contributed by atoms with van der Waals surface area (Å²) in [5.74, 6) is -0.235. The van der Waals surface area contributed by atoms with E-state index in [-0.39, 0.29) is 12.4 Å². The molecule has 1 atom stereocenters. The summed E-state index contributed by atoms with van der Waals surface area (Å²) in [4.78, 5) is 2.21. The monoisotopic (exact) mass is 252 g/mol. The van der Waals surface area contributed by atoms with Gasteiger partial charge in [-0.25, -0.2) is 4.39 Å². The Morgan fingerprint density at radius 3 is 2.89 bits per heavy atom. The highest BCUT2D eigenvalue weighted by molar-refractivity contribution is 5.50. The normalized spacial score (nSPS) is 20.2. The predicted molar refractivity (Wildman–Crippen MR) is 71.0 cm³/mol. The third-order valence-corrected chi connectivity index (χ3v) is 3.60. The molecular formula is C14H21FN2O. The van der Waals surface area contributed by atoms with Crippen molar-refractivity contribution in [3.05, 3.63) is 29.6 Å². The quantitative estimate of drug-likeness (QED) is 0.862. The van der Waals surface area contributed by atoms with Gasteiger partial charge in [0.1, 0.15) is 5.82 Å². The van der Waals surface area contributed by atoms with Crippen LogP contribution in [0.1, 0.15) is 31.2 Å². The van der Waals surface area contributed by atoms with Gasteiger partial charge < -0.3 is 15.7 Å². The highest BCUT2D eigenvalue weighted by atomic mass is 19.1. The van der Waals surface area contributed by atoms with Crippen molar-refractivity contribution in [1.29, 1.82) is 0 Å². The van der Waals surface area contributed by atoms with Crippen LogP contribution in [0.15, 0.2) is 18.2 Å². The van der Waals surface area contributed by atoms with Crippen LogP contribution in [0.3, 0.4) is 0 Å². The number of nitrogens with zero attached hydrogens (tertiary/aromatic N) is 1. The van der Waals surface area contributed by atoms with E-state index in [0.29, 0.717) is 12.6 Å². The van der Waals surface area contributed by atoms with Gasteiger partial charge in [0.15, 0.2) is 0 Å². The van der Waals surface area contributed by atoms with Crippen LogP contribution >= 0.6 is 0 Å². The van der Waals surface area contributed by atoms with E-state index in [1.807, 2.05) is 6.07 Å². The van der Waals surface area contributed by atoms with Gasteiger partial charge in [0.25, 0.3) is 0 Å². The Morgan fingerprint density at radius 1 is 1.33 bits per heavy atom. The van der Waals surface area contributed by atoms with Gasteiger partial charge in [0.2, 0.25) is 0 Å². The molecule has 1 saturated heterocycles. The molecule has 0 radical (unpaired) electrons. The van der Waals surface area contributed by atoms with E-state index in [4.69, 9.17) is 10.8 Å². The lowest BCUT2D eigenvalue weighted by atomic mass is 9.98. The van der Waals surface area contributed by atoms with Gasteiger partial charge in [0.05, 0.1) is 0 Å². The van der Waals surface area contributed by atoms with Gasteiger partial charge in [-0.15, -0.1) is 0 Å². The van der Waals surface area contributed by atoms with Crippen LogP contribution in [0.4, 0.5) is 10.1 Å². The van der Waals surface area contributed by atoms with Crippen LogP contribution in [-0.4, -0.2) is 24.3 Å². The maximum absolute atomic E-state index is 13.6. The first-order valence-electron chi connectivity index (χ1n) is 6.61. The van der Waals surface area contributed by atoms with Crippen molar-refractivity contribution in [3.8, 4) is 0 Å². The minimum Gasteiger partial charge on any atom is -0.396 e. The SMILES string of the molecule is NCc1cc(F)cc(N2CCCCC2CCO)c1. The van der Waals surface area contributed by atoms with Gasteiger partial charge >= 0.3 is 0 Å². The third-order valence-electron chi connectivity index (χ3n) is 3.60. The second-order valence-corrected chi connectivity index (χ2v) is 4.88. The summed E-state index contributed by atoms with van der Waals surface area (Å²) in [5.41, 5.74) is 7.30. The van der Waals surface area contributed by atoms with Crippen molar-refractivity contribution >= 4 is 5.69 Å². The smallest absolute Gasteiger partial charge is 0.125 e. The molecule has 1 fully saturated rings. The number of piperidine rings is 1. The Labute approximate surface area is 107 Å². The third kappa shape index (κ3) is 3.00. The molecule has 1 heterocycles. The van der Waals surface area contributed by atoms with E-state index < -0.39 is 0 Å². The minimum absolute atomic E-state index is 0.181. The summed E-state index contributed by atoms with van der Waals surface area (Å²) in [6.45, 7) is 1.46. The zero-order chi connectivity index (χ0) is 13.0. The molecule has 100 valence electrons. The van der Waals surface area contributed by atoms with Gasteiger partial charge in [-0.05, 0) is 49.4 Å². The Balaban J connectivity index is 2.24. The van der Waals surface area contributed by atoms with Crippen molar-refractivity contribution < 1.29 is 9.50 Å². The highest BCUT2D eigenvalue weighted by Gasteiger charge is 2.22. The molecule has 3 nitrogen and oxygen atoms in total. The lowest BCUT2D eigenvalue weighted by molar-refractivity contribution is 0.262. The summed E-state index contributed by atoms with van der Waals surface area (Å²) in [6.07, 6.45) is 4.11. The minimum atomic E-state index is -0.235. The maximum Gasteiger partial charge on any atom is 0.125 e. The molecule has 1 unspecified atom stereocenters. The van der Waals surface area contributed by atoms with Crippen molar-refractivity contribution in [1.82, 2.24) is 0 Å². The van der Waals surface area contributed by atoms with Gasteiger partial charge in [-0.1, -0.05) is 0 Å². The van der Waals surface area contributed by atoms with E-state index in [0.717, 1.165) is 37.1 Å². The summed E-state index contributed by atoms with van der Waals surface area (Å²) >= 11 is 0. The molecule has 0 saturated carbocycles. The Hall–Kier alpha value is -1.13. The lowest BCUT2D eigenvalue weighted by Crippen LogP contribution is -2.40. The van der Waals surface area contributed by atoms with Gasteiger partial charge in [0, 0.05) is 31.4 Å². The average Bonchev–Trinajstić information content (AvgIpc) is 2.39. The molecule has 0 spiro atoms. The Bertz CT molecular complexity index is 395. The molecule has 1 aromatic rings. The molecule has 0 bridgehead atoms. The molecule has 3 N–H and O–H groups in total. The highest BCUT2D eigenvalue weighted by Crippen LogP contribution is 2.27. The second kappa shape index (κ2) is 6.16. The van der Waals surface area contributed by atoms with E-state index in [9.17, 15) is 4.39 Å². The standard InChI is InChI=1S/C14H21FN2O/c15-12-7-11(10-16)8-14(9-12)17-5-2-1-3-13(17)4-6-18/h7-9,13,18H,1-6,10,16H2. The molecule has 18 heavy (non-hydrogen) atoms. The number of halogens is 1. The fourth-order valence-corrected chi connectivity index (χ4v) is 2.71. The fraction of sp³-hybridized carbons (Fsp3) is 0.571. The van der Waals surface area contributed by atoms with Crippen molar-refractivity contribution in [2.75, 3.05) is 18.1 Å². The lowest BCUT2D eigenvalue weighted by Gasteiger charge is -2.37. The number of rotatable bonds is 4. The molecule has 0 aromatic heterocycles. The topological polar surface area (TPSA) is 49.5 Å². The molecular weight excluding hydrogens is 231 g/mol. The van der Waals surface area contributed by atoms with Crippen molar-refractivity contribution in [2.24, 2.45) is 5.73 Å². The molecule has 1 aromatic carbocycles. The van der Waals surface area contributed by atoms with Crippen LogP contribution in [0, 0.1) is 5.82 Å². The van der Waals surface area contributed by atoms with Crippen LogP contribution < -0.4 is 10.6 Å². The number of nitrogens with two attached hydrogens (primary N) is 1. The van der Waals surface area contributed by atoms with E-state index in [2.05, 4.69) is 4.90 Å². The molecule has 1 aliphatic heterocycles. The zero-order valence-electron chi connectivity index (χ0n) is 10.6. The molecule has 2 rings (SSSR count). The first kappa shape index (κ1) is 13.3. The molecule has 1 aliphatic rings. The number of anilines is 1. The van der Waals surface area contributed by atoms with Crippen molar-refractivity contribution in [3.63, 3.8) is 0 Å². The maximum atomic E-state index is 13.6. The number of benzene rings is 1. The first-order chi connectivity index (χ1) is 8.74. The predicted octanol–water partition coefficient (Wildman–Crippen LogP) is 2.03. The summed E-state index contributed by atoms with van der Waals surface area (Å²) in [7, 11) is 0. The first-order valence-corrected chi connectivity index (χ1v) is 6.61. The number of hydrogen-bond acceptors (Lipinski definition) is 3. The number of aliphatic hydroxyl groups excluding tert-OH is 1. The van der Waals surface area contributed by atoms with Gasteiger partial charge in [-0.2, -0.15) is 0 Å². The fourth-order valence-electron chi connectivity index (χ4n) is 2.71. The second-order valence-electron chi connectivity index (χ2n) is 4.88. The van der Waals surface area contributed by atoms with Crippen LogP contribution in [0.5, 0.6) is 0 Å². The molecule has 0 aliphatic carbocycles. The summed E-state index contributed by atoms with van der Waals surface area (Å²) in [6, 6.07) is 5.32. The number of hydrogen-bond donors (Lipinski definition) is 2. The van der Waals surface area contributed by atoms with Crippen molar-refractivity contribution in [2.45, 2.75) is 38.3 Å². The van der Waals surface area contributed by atoms with Crippen LogP contribution in [-0.2, 0) is 6.54 Å². The van der Waals surface area contributed by atoms with E-state index in [1.54, 1.807) is 6.07 Å². The van der Waals surface area contributed by atoms with Crippen LogP contribution in [0.25, 0.3) is 0 Å². The molecule has 4 heteroatoms. The zero-order valence-corrected chi connectivity index (χ0v) is 10.6. The summed E-state index contributed by atoms with van der Waals surface area (Å²) in [5, 5.41) is 9.12. The van der Waals surface area contributed by atoms with E-state index in [1.165, 1.54) is 12.5 Å². The summed E-state index contributed by atoms with van der Waals surface area (Å²) < 4.78 is 13.6. The van der Waals surface area contributed by atoms with E-state index >= 15 is 0 Å². The number of aliphatic hydroxyl groups is 1. The molecule has 0 amide bonds. The van der Waals surface area contributed by atoms with Gasteiger partial charge in [-0.3, -0.25) is 0 Å². The largest absolute Gasteiger partial charge is 0.396 e. The Kier molecular flexibility index (Phi) is 4.55. The average molecular weight is 252 g/mol. The Morgan fingerprint density at radius 2 is 2.17 bits per heavy atom. The van der Waals surface area contributed by atoms with Crippen LogP contribution in [0.2, 0.25) is 0 Å².